The fourth-order valence-corrected chi connectivity index (χ4v) is 2.74. The van der Waals surface area contributed by atoms with Crippen LogP contribution in [0.3, 0.4) is 0 Å². The Morgan fingerprint density at radius 3 is 2.71 bits per heavy atom. The maximum absolute atomic E-state index is 11.9. The molecule has 1 atom stereocenters. The van der Waals surface area contributed by atoms with E-state index in [9.17, 15) is 4.79 Å². The minimum Gasteiger partial charge on any atom is -0.483 e. The minimum absolute atomic E-state index is 0.0304. The number of ether oxygens (including phenoxy) is 1. The molecular formula is C17H18ClNO2. The van der Waals surface area contributed by atoms with Gasteiger partial charge in [0.2, 0.25) is 0 Å². The molecule has 1 aliphatic carbocycles. The zero-order valence-corrected chi connectivity index (χ0v) is 12.7. The molecule has 1 saturated carbocycles. The Morgan fingerprint density at radius 2 is 2.00 bits per heavy atom. The van der Waals surface area contributed by atoms with Crippen LogP contribution in [-0.4, -0.2) is 18.6 Å². The third-order valence-electron chi connectivity index (χ3n) is 3.91. The summed E-state index contributed by atoms with van der Waals surface area (Å²) in [4.78, 5) is 11.9. The highest BCUT2D eigenvalue weighted by Crippen LogP contribution is 2.32. The fourth-order valence-electron chi connectivity index (χ4n) is 2.51. The van der Waals surface area contributed by atoms with Gasteiger partial charge in [-0.2, -0.15) is 0 Å². The molecule has 0 aromatic heterocycles. The van der Waals surface area contributed by atoms with E-state index in [1.165, 1.54) is 12.8 Å². The van der Waals surface area contributed by atoms with Crippen LogP contribution in [0, 0.1) is 5.92 Å². The van der Waals surface area contributed by atoms with Crippen LogP contribution in [0.5, 0.6) is 5.75 Å². The van der Waals surface area contributed by atoms with Gasteiger partial charge in [-0.3, -0.25) is 4.79 Å². The Morgan fingerprint density at radius 1 is 1.29 bits per heavy atom. The monoisotopic (exact) mass is 303 g/mol. The molecule has 1 amide bonds. The number of amides is 1. The molecule has 1 aliphatic rings. The lowest BCUT2D eigenvalue weighted by atomic mass is 10.1. The van der Waals surface area contributed by atoms with Crippen LogP contribution in [0.25, 0.3) is 10.8 Å². The fraction of sp³-hybridized carbons (Fsp3) is 0.353. The average Bonchev–Trinajstić information content (AvgIpc) is 3.31. The molecule has 21 heavy (non-hydrogen) atoms. The predicted octanol–water partition coefficient (Wildman–Crippen LogP) is 3.79. The summed E-state index contributed by atoms with van der Waals surface area (Å²) in [5, 5.41) is 5.52. The zero-order chi connectivity index (χ0) is 14.8. The van der Waals surface area contributed by atoms with Gasteiger partial charge in [-0.25, -0.2) is 0 Å². The van der Waals surface area contributed by atoms with Crippen LogP contribution in [0.1, 0.15) is 19.8 Å². The van der Waals surface area contributed by atoms with Crippen LogP contribution >= 0.6 is 11.6 Å². The van der Waals surface area contributed by atoms with Crippen molar-refractivity contribution in [3.63, 3.8) is 0 Å². The normalized spacial score (nSPS) is 15.7. The van der Waals surface area contributed by atoms with Gasteiger partial charge in [0, 0.05) is 21.8 Å². The molecule has 0 spiro atoms. The first-order valence-electron chi connectivity index (χ1n) is 7.24. The number of hydrogen-bond acceptors (Lipinski definition) is 2. The van der Waals surface area contributed by atoms with Crippen molar-refractivity contribution in [3.05, 3.63) is 41.4 Å². The van der Waals surface area contributed by atoms with Gasteiger partial charge in [-0.1, -0.05) is 35.9 Å². The van der Waals surface area contributed by atoms with Gasteiger partial charge < -0.3 is 10.1 Å². The second-order valence-corrected chi connectivity index (χ2v) is 5.98. The predicted molar refractivity (Wildman–Crippen MR) is 84.8 cm³/mol. The smallest absolute Gasteiger partial charge is 0.258 e. The van der Waals surface area contributed by atoms with Gasteiger partial charge in [-0.15, -0.1) is 0 Å². The molecule has 2 aromatic rings. The largest absolute Gasteiger partial charge is 0.483 e. The van der Waals surface area contributed by atoms with E-state index in [0.717, 1.165) is 10.8 Å². The van der Waals surface area contributed by atoms with Crippen molar-refractivity contribution >= 4 is 28.3 Å². The maximum atomic E-state index is 11.9. The summed E-state index contributed by atoms with van der Waals surface area (Å²) in [6.45, 7) is 2.08. The average molecular weight is 304 g/mol. The van der Waals surface area contributed by atoms with E-state index in [1.54, 1.807) is 6.07 Å². The Labute approximate surface area is 129 Å². The first-order valence-corrected chi connectivity index (χ1v) is 7.62. The molecule has 1 fully saturated rings. The van der Waals surface area contributed by atoms with E-state index in [4.69, 9.17) is 16.3 Å². The van der Waals surface area contributed by atoms with Crippen molar-refractivity contribution < 1.29 is 9.53 Å². The van der Waals surface area contributed by atoms with Gasteiger partial charge in [0.05, 0.1) is 0 Å². The molecular weight excluding hydrogens is 286 g/mol. The van der Waals surface area contributed by atoms with Gasteiger partial charge >= 0.3 is 0 Å². The van der Waals surface area contributed by atoms with E-state index < -0.39 is 0 Å². The van der Waals surface area contributed by atoms with Crippen molar-refractivity contribution in [3.8, 4) is 5.75 Å². The highest BCUT2D eigenvalue weighted by atomic mass is 35.5. The van der Waals surface area contributed by atoms with Crippen LogP contribution in [0.2, 0.25) is 5.02 Å². The summed E-state index contributed by atoms with van der Waals surface area (Å²) in [7, 11) is 0. The number of halogens is 1. The summed E-state index contributed by atoms with van der Waals surface area (Å²) in [5.74, 6) is 1.25. The van der Waals surface area contributed by atoms with Crippen LogP contribution in [0.4, 0.5) is 0 Å². The second kappa shape index (κ2) is 5.94. The quantitative estimate of drug-likeness (QED) is 0.912. The lowest BCUT2D eigenvalue weighted by Gasteiger charge is -2.14. The topological polar surface area (TPSA) is 38.3 Å². The van der Waals surface area contributed by atoms with Gasteiger partial charge in [-0.05, 0) is 37.8 Å². The number of carbonyl (C=O) groups excluding carboxylic acids is 1. The van der Waals surface area contributed by atoms with E-state index in [-0.39, 0.29) is 18.6 Å². The van der Waals surface area contributed by atoms with Gasteiger partial charge in [0.15, 0.2) is 6.61 Å². The number of nitrogens with one attached hydrogen (secondary N) is 1. The SMILES string of the molecule is C[C@@H](NC(=O)COc1ccc(Cl)c2ccccc12)C1CC1. The molecule has 1 N–H and O–H groups in total. The summed E-state index contributed by atoms with van der Waals surface area (Å²) in [6.07, 6.45) is 2.42. The third kappa shape index (κ3) is 3.30. The lowest BCUT2D eigenvalue weighted by molar-refractivity contribution is -0.123. The Bertz CT molecular complexity index is 667. The van der Waals surface area contributed by atoms with Crippen molar-refractivity contribution in [2.24, 2.45) is 5.92 Å². The Hall–Kier alpha value is -1.74. The van der Waals surface area contributed by atoms with Crippen molar-refractivity contribution in [1.29, 1.82) is 0 Å². The molecule has 0 bridgehead atoms. The molecule has 110 valence electrons. The third-order valence-corrected chi connectivity index (χ3v) is 4.24. The standard InChI is InChI=1S/C17H18ClNO2/c1-11(12-6-7-12)19-17(20)10-21-16-9-8-15(18)13-4-2-3-5-14(13)16/h2-5,8-9,11-12H,6-7,10H2,1H3,(H,19,20)/t11-/m1/s1. The lowest BCUT2D eigenvalue weighted by Crippen LogP contribution is -2.37. The van der Waals surface area contributed by atoms with Crippen molar-refractivity contribution in [1.82, 2.24) is 5.32 Å². The van der Waals surface area contributed by atoms with E-state index in [1.807, 2.05) is 37.3 Å². The summed E-state index contributed by atoms with van der Waals surface area (Å²) in [6, 6.07) is 11.6. The second-order valence-electron chi connectivity index (χ2n) is 5.57. The number of benzene rings is 2. The Balaban J connectivity index is 1.67. The van der Waals surface area contributed by atoms with Crippen LogP contribution in [0.15, 0.2) is 36.4 Å². The van der Waals surface area contributed by atoms with Crippen molar-refractivity contribution in [2.75, 3.05) is 6.61 Å². The summed E-state index contributed by atoms with van der Waals surface area (Å²) >= 11 is 6.17. The number of carbonyl (C=O) groups is 1. The molecule has 0 aliphatic heterocycles. The van der Waals surface area contributed by atoms with Gasteiger partial charge in [0.25, 0.3) is 5.91 Å². The van der Waals surface area contributed by atoms with Crippen LogP contribution in [-0.2, 0) is 4.79 Å². The minimum atomic E-state index is -0.0755. The van der Waals surface area contributed by atoms with Gasteiger partial charge in [0.1, 0.15) is 5.75 Å². The number of fused-ring (bicyclic) bond motifs is 1. The molecule has 4 heteroatoms. The highest BCUT2D eigenvalue weighted by Gasteiger charge is 2.28. The zero-order valence-electron chi connectivity index (χ0n) is 11.9. The molecule has 3 nitrogen and oxygen atoms in total. The molecule has 0 saturated heterocycles. The number of rotatable bonds is 5. The maximum Gasteiger partial charge on any atom is 0.258 e. The molecule has 0 heterocycles. The Kier molecular flexibility index (Phi) is 4.02. The summed E-state index contributed by atoms with van der Waals surface area (Å²) < 4.78 is 5.67. The first kappa shape index (κ1) is 14.2. The van der Waals surface area contributed by atoms with Crippen molar-refractivity contribution in [2.45, 2.75) is 25.8 Å². The highest BCUT2D eigenvalue weighted by molar-refractivity contribution is 6.35. The van der Waals surface area contributed by atoms with E-state index >= 15 is 0 Å². The van der Waals surface area contributed by atoms with Crippen LogP contribution < -0.4 is 10.1 Å². The van der Waals surface area contributed by atoms with E-state index in [0.29, 0.717) is 16.7 Å². The molecule has 2 aromatic carbocycles. The first-order chi connectivity index (χ1) is 10.1. The summed E-state index contributed by atoms with van der Waals surface area (Å²) in [5.41, 5.74) is 0. The van der Waals surface area contributed by atoms with E-state index in [2.05, 4.69) is 5.32 Å². The number of hydrogen-bond donors (Lipinski definition) is 1. The molecule has 0 radical (unpaired) electrons. The molecule has 3 rings (SSSR count). The molecule has 0 unspecified atom stereocenters.